The molecule has 1 aliphatic heterocycles. The molecular formula is C14H19N3O4. The largest absolute Gasteiger partial charge is 0.373 e. The minimum atomic E-state index is -0.668. The van der Waals surface area contributed by atoms with E-state index in [0.29, 0.717) is 12.1 Å². The number of hydrogen-bond acceptors (Lipinski definition) is 5. The van der Waals surface area contributed by atoms with Crippen molar-refractivity contribution in [3.8, 4) is 0 Å². The van der Waals surface area contributed by atoms with Crippen LogP contribution in [-0.2, 0) is 11.3 Å². The van der Waals surface area contributed by atoms with Gasteiger partial charge in [-0.05, 0) is 19.9 Å². The van der Waals surface area contributed by atoms with E-state index in [0.717, 1.165) is 13.1 Å². The van der Waals surface area contributed by atoms with E-state index in [1.807, 2.05) is 13.8 Å². The minimum Gasteiger partial charge on any atom is -0.373 e. The first-order valence-electron chi connectivity index (χ1n) is 6.81. The van der Waals surface area contributed by atoms with Crippen LogP contribution in [0.1, 0.15) is 29.8 Å². The van der Waals surface area contributed by atoms with Gasteiger partial charge in [-0.3, -0.25) is 19.8 Å². The molecule has 114 valence electrons. The number of nitro groups is 1. The SMILES string of the molecule is CC1CN(Cc2ccc(C(N)=O)cc2[N+](=O)[O-])CC(C)O1. The summed E-state index contributed by atoms with van der Waals surface area (Å²) in [5.74, 6) is -0.668. The molecule has 1 heterocycles. The fraction of sp³-hybridized carbons (Fsp3) is 0.500. The van der Waals surface area contributed by atoms with Crippen LogP contribution in [0.25, 0.3) is 0 Å². The molecule has 0 saturated carbocycles. The fourth-order valence-corrected chi connectivity index (χ4v) is 2.68. The summed E-state index contributed by atoms with van der Waals surface area (Å²) in [6.45, 7) is 5.85. The average Bonchev–Trinajstić information content (AvgIpc) is 2.37. The Morgan fingerprint density at radius 3 is 2.57 bits per heavy atom. The molecular weight excluding hydrogens is 274 g/mol. The third-order valence-electron chi connectivity index (χ3n) is 3.46. The third-order valence-corrected chi connectivity index (χ3v) is 3.46. The van der Waals surface area contributed by atoms with E-state index in [9.17, 15) is 14.9 Å². The number of nitrogens with zero attached hydrogens (tertiary/aromatic N) is 2. The van der Waals surface area contributed by atoms with Crippen LogP contribution < -0.4 is 5.73 Å². The molecule has 2 rings (SSSR count). The summed E-state index contributed by atoms with van der Waals surface area (Å²) in [6, 6.07) is 4.37. The predicted molar refractivity (Wildman–Crippen MR) is 76.9 cm³/mol. The highest BCUT2D eigenvalue weighted by molar-refractivity contribution is 5.93. The summed E-state index contributed by atoms with van der Waals surface area (Å²) in [6.07, 6.45) is 0.190. The topological polar surface area (TPSA) is 98.7 Å². The minimum absolute atomic E-state index is 0.0712. The number of nitro benzene ring substituents is 1. The molecule has 0 aliphatic carbocycles. The van der Waals surface area contributed by atoms with Gasteiger partial charge >= 0.3 is 0 Å². The number of ether oxygens (including phenoxy) is 1. The Kier molecular flexibility index (Phi) is 4.54. The van der Waals surface area contributed by atoms with E-state index < -0.39 is 10.8 Å². The monoisotopic (exact) mass is 293 g/mol. The molecule has 0 spiro atoms. The summed E-state index contributed by atoms with van der Waals surface area (Å²) >= 11 is 0. The Balaban J connectivity index is 2.23. The molecule has 0 radical (unpaired) electrons. The van der Waals surface area contributed by atoms with Crippen LogP contribution in [-0.4, -0.2) is 41.0 Å². The van der Waals surface area contributed by atoms with Gasteiger partial charge in [-0.2, -0.15) is 0 Å². The van der Waals surface area contributed by atoms with Crippen molar-refractivity contribution in [3.63, 3.8) is 0 Å². The Morgan fingerprint density at radius 2 is 2.05 bits per heavy atom. The molecule has 1 aromatic carbocycles. The second-order valence-corrected chi connectivity index (χ2v) is 5.42. The van der Waals surface area contributed by atoms with E-state index in [4.69, 9.17) is 10.5 Å². The maximum atomic E-state index is 11.2. The van der Waals surface area contributed by atoms with Crippen LogP contribution in [0.2, 0.25) is 0 Å². The third kappa shape index (κ3) is 3.77. The number of carbonyl (C=O) groups is 1. The molecule has 7 nitrogen and oxygen atoms in total. The first-order valence-corrected chi connectivity index (χ1v) is 6.81. The van der Waals surface area contributed by atoms with Gasteiger partial charge in [-0.25, -0.2) is 0 Å². The summed E-state index contributed by atoms with van der Waals surface area (Å²) in [7, 11) is 0. The first-order chi connectivity index (χ1) is 9.86. The number of primary amides is 1. The number of benzene rings is 1. The van der Waals surface area contributed by atoms with Gasteiger partial charge in [-0.1, -0.05) is 6.07 Å². The Morgan fingerprint density at radius 1 is 1.43 bits per heavy atom. The van der Waals surface area contributed by atoms with Crippen LogP contribution >= 0.6 is 0 Å². The van der Waals surface area contributed by atoms with E-state index in [2.05, 4.69) is 4.90 Å². The number of carbonyl (C=O) groups excluding carboxylic acids is 1. The number of nitrogens with two attached hydrogens (primary N) is 1. The smallest absolute Gasteiger partial charge is 0.274 e. The Hall–Kier alpha value is -1.99. The molecule has 2 unspecified atom stereocenters. The van der Waals surface area contributed by atoms with Crippen molar-refractivity contribution in [3.05, 3.63) is 39.4 Å². The van der Waals surface area contributed by atoms with Gasteiger partial charge in [0, 0.05) is 36.8 Å². The maximum absolute atomic E-state index is 11.2. The average molecular weight is 293 g/mol. The number of morpholine rings is 1. The van der Waals surface area contributed by atoms with Gasteiger partial charge in [0.15, 0.2) is 0 Å². The second-order valence-electron chi connectivity index (χ2n) is 5.42. The van der Waals surface area contributed by atoms with Gasteiger partial charge in [0.05, 0.1) is 17.1 Å². The van der Waals surface area contributed by atoms with Crippen LogP contribution in [0.4, 0.5) is 5.69 Å². The lowest BCUT2D eigenvalue weighted by Gasteiger charge is -2.35. The number of amides is 1. The van der Waals surface area contributed by atoms with E-state index in [1.54, 1.807) is 6.07 Å². The standard InChI is InChI=1S/C14H19N3O4/c1-9-6-16(7-10(2)21-9)8-12-4-3-11(14(15)18)5-13(12)17(19)20/h3-5,9-10H,6-8H2,1-2H3,(H2,15,18). The van der Waals surface area contributed by atoms with Gasteiger partial charge in [0.25, 0.3) is 5.69 Å². The molecule has 0 aromatic heterocycles. The zero-order valence-corrected chi connectivity index (χ0v) is 12.1. The van der Waals surface area contributed by atoms with E-state index in [-0.39, 0.29) is 23.5 Å². The molecule has 0 bridgehead atoms. The molecule has 2 N–H and O–H groups in total. The van der Waals surface area contributed by atoms with Gasteiger partial charge in [0.2, 0.25) is 5.91 Å². The van der Waals surface area contributed by atoms with Crippen molar-refractivity contribution >= 4 is 11.6 Å². The predicted octanol–water partition coefficient (Wildman–Crippen LogP) is 1.30. The molecule has 1 saturated heterocycles. The van der Waals surface area contributed by atoms with Crippen molar-refractivity contribution in [2.24, 2.45) is 5.73 Å². The lowest BCUT2D eigenvalue weighted by atomic mass is 10.1. The van der Waals surface area contributed by atoms with Crippen molar-refractivity contribution < 1.29 is 14.5 Å². The highest BCUT2D eigenvalue weighted by Gasteiger charge is 2.25. The van der Waals surface area contributed by atoms with E-state index in [1.165, 1.54) is 12.1 Å². The van der Waals surface area contributed by atoms with Crippen molar-refractivity contribution in [2.75, 3.05) is 13.1 Å². The summed E-state index contributed by atoms with van der Waals surface area (Å²) in [4.78, 5) is 24.0. The molecule has 2 atom stereocenters. The molecule has 21 heavy (non-hydrogen) atoms. The maximum Gasteiger partial charge on any atom is 0.274 e. The number of rotatable bonds is 4. The van der Waals surface area contributed by atoms with E-state index >= 15 is 0 Å². The lowest BCUT2D eigenvalue weighted by Crippen LogP contribution is -2.44. The Labute approximate surface area is 122 Å². The Bertz CT molecular complexity index is 551. The first kappa shape index (κ1) is 15.4. The van der Waals surface area contributed by atoms with Crippen molar-refractivity contribution in [1.82, 2.24) is 4.90 Å². The van der Waals surface area contributed by atoms with Crippen molar-refractivity contribution in [1.29, 1.82) is 0 Å². The quantitative estimate of drug-likeness (QED) is 0.666. The number of hydrogen-bond donors (Lipinski definition) is 1. The van der Waals surface area contributed by atoms with Gasteiger partial charge in [0.1, 0.15) is 0 Å². The van der Waals surface area contributed by atoms with Crippen LogP contribution in [0, 0.1) is 10.1 Å². The zero-order chi connectivity index (χ0) is 15.6. The zero-order valence-electron chi connectivity index (χ0n) is 12.1. The van der Waals surface area contributed by atoms with Crippen molar-refractivity contribution in [2.45, 2.75) is 32.6 Å². The normalized spacial score (nSPS) is 23.0. The molecule has 1 amide bonds. The second kappa shape index (κ2) is 6.19. The fourth-order valence-electron chi connectivity index (χ4n) is 2.68. The summed E-state index contributed by atoms with van der Waals surface area (Å²) in [5.41, 5.74) is 5.82. The highest BCUT2D eigenvalue weighted by Crippen LogP contribution is 2.23. The van der Waals surface area contributed by atoms with Gasteiger partial charge < -0.3 is 10.5 Å². The van der Waals surface area contributed by atoms with Crippen LogP contribution in [0.15, 0.2) is 18.2 Å². The van der Waals surface area contributed by atoms with Crippen LogP contribution in [0.5, 0.6) is 0 Å². The van der Waals surface area contributed by atoms with Gasteiger partial charge in [-0.15, -0.1) is 0 Å². The molecule has 1 aliphatic rings. The molecule has 1 aromatic rings. The highest BCUT2D eigenvalue weighted by atomic mass is 16.6. The van der Waals surface area contributed by atoms with Crippen LogP contribution in [0.3, 0.4) is 0 Å². The summed E-state index contributed by atoms with van der Waals surface area (Å²) < 4.78 is 5.65. The molecule has 1 fully saturated rings. The molecule has 7 heteroatoms. The summed E-state index contributed by atoms with van der Waals surface area (Å²) in [5, 5.41) is 11.2. The lowest BCUT2D eigenvalue weighted by molar-refractivity contribution is -0.385.